The topological polar surface area (TPSA) is 55.7 Å². The summed E-state index contributed by atoms with van der Waals surface area (Å²) in [6.45, 7) is 10.3. The number of halogens is 1. The summed E-state index contributed by atoms with van der Waals surface area (Å²) in [5.74, 6) is 2.24. The summed E-state index contributed by atoms with van der Waals surface area (Å²) >= 11 is 6.33. The van der Waals surface area contributed by atoms with Crippen LogP contribution in [0.4, 0.5) is 5.82 Å². The number of hydrogen-bond acceptors (Lipinski definition) is 6. The Morgan fingerprint density at radius 2 is 1.69 bits per heavy atom. The van der Waals surface area contributed by atoms with E-state index < -0.39 is 0 Å². The van der Waals surface area contributed by atoms with Crippen LogP contribution in [-0.4, -0.2) is 64.1 Å². The zero-order valence-electron chi connectivity index (χ0n) is 26.5. The molecule has 0 saturated carbocycles. The van der Waals surface area contributed by atoms with Gasteiger partial charge in [-0.1, -0.05) is 80.1 Å². The minimum Gasteiger partial charge on any atom is -0.508 e. The van der Waals surface area contributed by atoms with Crippen molar-refractivity contribution in [3.05, 3.63) is 118 Å². The highest BCUT2D eigenvalue weighted by molar-refractivity contribution is 6.31. The molecule has 0 amide bonds. The van der Waals surface area contributed by atoms with Crippen LogP contribution in [0.15, 0.2) is 107 Å². The van der Waals surface area contributed by atoms with Gasteiger partial charge >= 0.3 is 0 Å². The molecule has 7 rings (SSSR count). The summed E-state index contributed by atoms with van der Waals surface area (Å²) in [6, 6.07) is 16.2. The Morgan fingerprint density at radius 3 is 2.51 bits per heavy atom. The highest BCUT2D eigenvalue weighted by atomic mass is 35.5. The summed E-state index contributed by atoms with van der Waals surface area (Å²) in [5.41, 5.74) is 6.47. The van der Waals surface area contributed by atoms with Crippen molar-refractivity contribution in [1.82, 2.24) is 19.8 Å². The lowest BCUT2D eigenvalue weighted by atomic mass is 9.95. The Kier molecular flexibility index (Phi) is 10.1. The summed E-state index contributed by atoms with van der Waals surface area (Å²) in [5, 5.41) is 11.8. The predicted octanol–water partition coefficient (Wildman–Crippen LogP) is 8.09. The number of phenols is 1. The molecule has 1 unspecified atom stereocenters. The van der Waals surface area contributed by atoms with Crippen LogP contribution in [0.5, 0.6) is 5.75 Å². The van der Waals surface area contributed by atoms with Crippen LogP contribution in [-0.2, 0) is 6.54 Å². The van der Waals surface area contributed by atoms with E-state index in [9.17, 15) is 5.11 Å². The smallest absolute Gasteiger partial charge is 0.145 e. The number of aromatic hydroxyl groups is 1. The minimum atomic E-state index is 0.102. The van der Waals surface area contributed by atoms with Crippen molar-refractivity contribution in [2.24, 2.45) is 0 Å². The van der Waals surface area contributed by atoms with Gasteiger partial charge in [-0.2, -0.15) is 0 Å². The highest BCUT2D eigenvalue weighted by Crippen LogP contribution is 2.35. The summed E-state index contributed by atoms with van der Waals surface area (Å²) in [7, 11) is 0. The minimum absolute atomic E-state index is 0.102. The fourth-order valence-corrected chi connectivity index (χ4v) is 6.97. The number of rotatable bonds is 6. The molecular weight excluding hydrogens is 578 g/mol. The highest BCUT2D eigenvalue weighted by Gasteiger charge is 2.29. The molecule has 1 atom stereocenters. The van der Waals surface area contributed by atoms with Crippen molar-refractivity contribution in [3.8, 4) is 5.75 Å². The molecule has 4 aliphatic rings. The van der Waals surface area contributed by atoms with Crippen LogP contribution in [0.3, 0.4) is 0 Å². The maximum absolute atomic E-state index is 9.94. The van der Waals surface area contributed by atoms with E-state index in [1.807, 2.05) is 38.1 Å². The third-order valence-electron chi connectivity index (χ3n) is 9.06. The molecular formula is C38H44ClN5O. The van der Waals surface area contributed by atoms with Crippen LogP contribution in [0, 0.1) is 0 Å². The quantitative estimate of drug-likeness (QED) is 0.300. The fourth-order valence-electron chi connectivity index (χ4n) is 6.82. The first-order valence-electron chi connectivity index (χ1n) is 16.5. The number of piperazine rings is 1. The van der Waals surface area contributed by atoms with E-state index in [1.165, 1.54) is 36.0 Å². The average molecular weight is 622 g/mol. The van der Waals surface area contributed by atoms with Gasteiger partial charge in [0.05, 0.1) is 18.1 Å². The molecule has 1 N–H and O–H groups in total. The second-order valence-electron chi connectivity index (χ2n) is 11.9. The van der Waals surface area contributed by atoms with E-state index in [0.717, 1.165) is 79.8 Å². The fraction of sp³-hybridized carbons (Fsp3) is 0.368. The van der Waals surface area contributed by atoms with Crippen molar-refractivity contribution in [3.63, 3.8) is 0 Å². The average Bonchev–Trinajstić information content (AvgIpc) is 3.19. The van der Waals surface area contributed by atoms with Gasteiger partial charge in [-0.25, -0.2) is 9.97 Å². The number of nitrogens with zero attached hydrogens (tertiary/aromatic N) is 5. The lowest BCUT2D eigenvalue weighted by Crippen LogP contribution is -2.47. The maximum atomic E-state index is 9.94. The Bertz CT molecular complexity index is 1650. The van der Waals surface area contributed by atoms with E-state index in [0.29, 0.717) is 0 Å². The Balaban J connectivity index is 0.00000175. The molecule has 1 saturated heterocycles. The lowest BCUT2D eigenvalue weighted by Gasteiger charge is -2.40. The molecule has 2 aliphatic carbocycles. The third kappa shape index (κ3) is 7.25. The first-order valence-corrected chi connectivity index (χ1v) is 16.9. The van der Waals surface area contributed by atoms with Crippen molar-refractivity contribution in [1.29, 1.82) is 0 Å². The number of benzene rings is 2. The van der Waals surface area contributed by atoms with Crippen LogP contribution >= 0.6 is 11.6 Å². The van der Waals surface area contributed by atoms with Crippen molar-refractivity contribution < 1.29 is 5.11 Å². The Labute approximate surface area is 272 Å². The molecule has 0 spiro atoms. The zero-order chi connectivity index (χ0) is 31.2. The van der Waals surface area contributed by atoms with Crippen LogP contribution in [0.25, 0.3) is 10.9 Å². The molecule has 234 valence electrons. The molecule has 3 aromatic rings. The summed E-state index contributed by atoms with van der Waals surface area (Å²) in [6.07, 6.45) is 17.5. The molecule has 1 fully saturated rings. The number of anilines is 1. The van der Waals surface area contributed by atoms with Crippen LogP contribution in [0.1, 0.15) is 57.0 Å². The van der Waals surface area contributed by atoms with E-state index in [2.05, 4.69) is 63.3 Å². The van der Waals surface area contributed by atoms with E-state index >= 15 is 0 Å². The van der Waals surface area contributed by atoms with Gasteiger partial charge in [0, 0.05) is 49.7 Å². The summed E-state index contributed by atoms with van der Waals surface area (Å²) in [4.78, 5) is 17.7. The number of aromatic nitrogens is 2. The zero-order valence-corrected chi connectivity index (χ0v) is 27.3. The van der Waals surface area contributed by atoms with Gasteiger partial charge in [0.2, 0.25) is 0 Å². The van der Waals surface area contributed by atoms with Crippen LogP contribution in [0.2, 0.25) is 0 Å². The van der Waals surface area contributed by atoms with Crippen LogP contribution < -0.4 is 4.90 Å². The molecule has 1 aromatic heterocycles. The Hall–Kier alpha value is -3.71. The lowest BCUT2D eigenvalue weighted by molar-refractivity contribution is 0.103. The number of hydrogen-bond donors (Lipinski definition) is 1. The van der Waals surface area contributed by atoms with E-state index in [1.54, 1.807) is 17.7 Å². The Morgan fingerprint density at radius 1 is 0.889 bits per heavy atom. The van der Waals surface area contributed by atoms with Crippen molar-refractivity contribution in [2.75, 3.05) is 44.2 Å². The molecule has 2 aromatic carbocycles. The molecule has 0 radical (unpaired) electrons. The molecule has 2 aliphatic heterocycles. The molecule has 7 heteroatoms. The van der Waals surface area contributed by atoms with Crippen molar-refractivity contribution >= 4 is 28.3 Å². The van der Waals surface area contributed by atoms with Gasteiger partial charge in [-0.15, -0.1) is 0 Å². The van der Waals surface area contributed by atoms with Gasteiger partial charge in [-0.3, -0.25) is 9.80 Å². The third-order valence-corrected chi connectivity index (χ3v) is 9.34. The molecule has 3 heterocycles. The molecule has 0 bridgehead atoms. The molecule has 6 nitrogen and oxygen atoms in total. The van der Waals surface area contributed by atoms with E-state index in [4.69, 9.17) is 21.6 Å². The predicted molar refractivity (Wildman–Crippen MR) is 187 cm³/mol. The van der Waals surface area contributed by atoms with Gasteiger partial charge in [0.25, 0.3) is 0 Å². The van der Waals surface area contributed by atoms with Crippen molar-refractivity contribution in [2.45, 2.75) is 52.1 Å². The second-order valence-corrected chi connectivity index (χ2v) is 12.4. The van der Waals surface area contributed by atoms with Gasteiger partial charge < -0.3 is 10.0 Å². The van der Waals surface area contributed by atoms with Gasteiger partial charge in [0.15, 0.2) is 0 Å². The van der Waals surface area contributed by atoms with E-state index in [-0.39, 0.29) is 11.8 Å². The maximum Gasteiger partial charge on any atom is 0.145 e. The van der Waals surface area contributed by atoms with Gasteiger partial charge in [0.1, 0.15) is 17.4 Å². The largest absolute Gasteiger partial charge is 0.508 e. The normalized spacial score (nSPS) is 19.8. The SMILES string of the molecule is CC.Oc1ccc(C(C2=CCC=C(Cl)C=C2)N2CCN(Cc3nc(N4CC5=C(CCCC=C5)C4)c4ccccc4n3)CC2)cc1. The molecule has 45 heavy (non-hydrogen) atoms. The number of allylic oxidation sites excluding steroid dienone is 5. The first-order chi connectivity index (χ1) is 22.1. The summed E-state index contributed by atoms with van der Waals surface area (Å²) < 4.78 is 0. The standard InChI is InChI=1S/C36H38ClN5O.C2H6/c37-30-10-6-9-26(13-16-30)35(27-14-17-31(43)18-15-27)41-21-19-40(20-22-41)25-34-38-33-12-5-4-11-32(33)36(39-34)42-23-28-7-2-1-3-8-29(28)24-42;1-2/h2,4-5,7,9-18,35,43H,1,3,6,8,19-25H2;1-2H3. The monoisotopic (exact) mass is 621 g/mol. The van der Waals surface area contributed by atoms with Gasteiger partial charge in [-0.05, 0) is 78.3 Å². The second kappa shape index (κ2) is 14.6. The number of para-hydroxylation sites is 1. The first kappa shape index (κ1) is 31.3. The number of fused-ring (bicyclic) bond motifs is 1. The number of phenolic OH excluding ortho intramolecular Hbond substituents is 1.